The van der Waals surface area contributed by atoms with Gasteiger partial charge in [0.15, 0.2) is 0 Å². The van der Waals surface area contributed by atoms with Crippen molar-refractivity contribution in [3.8, 4) is 0 Å². The molecule has 1 rings (SSSR count). The molecule has 6 heteroatoms. The van der Waals surface area contributed by atoms with Gasteiger partial charge < -0.3 is 16.3 Å². The summed E-state index contributed by atoms with van der Waals surface area (Å²) < 4.78 is 14.4. The lowest BCUT2D eigenvalue weighted by atomic mass is 9.86. The fraction of sp³-hybridized carbons (Fsp3) is 0.500. The molecule has 0 radical (unpaired) electrons. The van der Waals surface area contributed by atoms with Crippen LogP contribution < -0.4 is 11.1 Å². The highest BCUT2D eigenvalue weighted by molar-refractivity contribution is 9.10. The molecule has 0 heterocycles. The van der Waals surface area contributed by atoms with E-state index in [1.165, 1.54) is 6.07 Å². The van der Waals surface area contributed by atoms with E-state index < -0.39 is 0 Å². The van der Waals surface area contributed by atoms with Crippen molar-refractivity contribution in [3.05, 3.63) is 34.1 Å². The molecule has 0 bridgehead atoms. The Balaban J connectivity index is 2.34. The van der Waals surface area contributed by atoms with Crippen LogP contribution in [0, 0.1) is 11.2 Å². The number of rotatable bonds is 7. The smallest absolute Gasteiger partial charge is 0.144 e. The molecule has 0 aliphatic heterocycles. The van der Waals surface area contributed by atoms with Crippen LogP contribution in [-0.4, -0.2) is 17.6 Å². The van der Waals surface area contributed by atoms with Gasteiger partial charge >= 0.3 is 0 Å². The third-order valence-electron chi connectivity index (χ3n) is 3.28. The van der Waals surface area contributed by atoms with E-state index >= 15 is 0 Å². The number of oxime groups is 1. The highest BCUT2D eigenvalue weighted by atomic mass is 79.9. The van der Waals surface area contributed by atoms with E-state index in [-0.39, 0.29) is 17.1 Å². The van der Waals surface area contributed by atoms with Gasteiger partial charge in [0.05, 0.1) is 0 Å². The molecule has 4 N–H and O–H groups in total. The molecule has 20 heavy (non-hydrogen) atoms. The van der Waals surface area contributed by atoms with Crippen molar-refractivity contribution in [1.82, 2.24) is 5.32 Å². The van der Waals surface area contributed by atoms with Crippen LogP contribution in [0.15, 0.2) is 27.8 Å². The van der Waals surface area contributed by atoms with Gasteiger partial charge in [-0.3, -0.25) is 0 Å². The zero-order chi connectivity index (χ0) is 15.2. The Morgan fingerprint density at radius 2 is 2.20 bits per heavy atom. The van der Waals surface area contributed by atoms with Gasteiger partial charge in [-0.2, -0.15) is 0 Å². The number of hydrogen-bond donors (Lipinski definition) is 3. The Kier molecular flexibility index (Phi) is 6.42. The maximum atomic E-state index is 13.5. The van der Waals surface area contributed by atoms with Crippen molar-refractivity contribution in [2.75, 3.05) is 6.54 Å². The fourth-order valence-corrected chi connectivity index (χ4v) is 2.23. The Hall–Kier alpha value is -1.14. The predicted octanol–water partition coefficient (Wildman–Crippen LogP) is 3.23. The highest BCUT2D eigenvalue weighted by Crippen LogP contribution is 2.22. The monoisotopic (exact) mass is 345 g/mol. The normalized spacial score (nSPS) is 12.7. The minimum Gasteiger partial charge on any atom is -0.409 e. The summed E-state index contributed by atoms with van der Waals surface area (Å²) in [6, 6.07) is 4.89. The molecule has 1 aromatic carbocycles. The minimum absolute atomic E-state index is 0.210. The summed E-state index contributed by atoms with van der Waals surface area (Å²) in [6.45, 7) is 5.08. The largest absolute Gasteiger partial charge is 0.409 e. The zero-order valence-corrected chi connectivity index (χ0v) is 13.4. The van der Waals surface area contributed by atoms with Crippen molar-refractivity contribution in [1.29, 1.82) is 0 Å². The van der Waals surface area contributed by atoms with Crippen LogP contribution in [0.5, 0.6) is 0 Å². The summed E-state index contributed by atoms with van der Waals surface area (Å²) >= 11 is 3.32. The van der Waals surface area contributed by atoms with Crippen LogP contribution in [-0.2, 0) is 6.54 Å². The highest BCUT2D eigenvalue weighted by Gasteiger charge is 2.22. The molecule has 0 saturated heterocycles. The average molecular weight is 346 g/mol. The van der Waals surface area contributed by atoms with Crippen molar-refractivity contribution < 1.29 is 9.60 Å². The maximum Gasteiger partial charge on any atom is 0.144 e. The topological polar surface area (TPSA) is 70.6 Å². The molecule has 0 saturated carbocycles. The summed E-state index contributed by atoms with van der Waals surface area (Å²) in [5.74, 6) is 0.0215. The van der Waals surface area contributed by atoms with E-state index in [4.69, 9.17) is 10.9 Å². The lowest BCUT2D eigenvalue weighted by Crippen LogP contribution is -2.32. The van der Waals surface area contributed by atoms with Gasteiger partial charge in [0.25, 0.3) is 0 Å². The second-order valence-corrected chi connectivity index (χ2v) is 6.30. The Bertz CT molecular complexity index is 477. The molecule has 0 aromatic heterocycles. The van der Waals surface area contributed by atoms with E-state index in [9.17, 15) is 4.39 Å². The Labute approximate surface area is 127 Å². The summed E-state index contributed by atoms with van der Waals surface area (Å²) in [4.78, 5) is 0. The van der Waals surface area contributed by atoms with Crippen molar-refractivity contribution >= 4 is 21.8 Å². The zero-order valence-electron chi connectivity index (χ0n) is 11.8. The molecule has 0 fully saturated rings. The second kappa shape index (κ2) is 7.59. The summed E-state index contributed by atoms with van der Waals surface area (Å²) in [6.07, 6.45) is 1.65. The molecule has 0 atom stereocenters. The van der Waals surface area contributed by atoms with Gasteiger partial charge in [-0.05, 0) is 37.6 Å². The van der Waals surface area contributed by atoms with Gasteiger partial charge in [0, 0.05) is 22.0 Å². The van der Waals surface area contributed by atoms with E-state index in [1.54, 1.807) is 12.1 Å². The van der Waals surface area contributed by atoms with Gasteiger partial charge in [-0.25, -0.2) is 4.39 Å². The number of benzene rings is 1. The van der Waals surface area contributed by atoms with Crippen LogP contribution in [0.3, 0.4) is 0 Å². The number of nitrogens with two attached hydrogens (primary N) is 1. The quantitative estimate of drug-likeness (QED) is 0.233. The molecule has 1 aromatic rings. The Morgan fingerprint density at radius 3 is 2.85 bits per heavy atom. The van der Waals surface area contributed by atoms with Crippen LogP contribution in [0.4, 0.5) is 4.39 Å². The van der Waals surface area contributed by atoms with Crippen LogP contribution in [0.2, 0.25) is 0 Å². The standard InChI is InChI=1S/C14H21BrFN3O/c1-14(2,13(17)19-20)6-3-7-18-9-10-8-11(15)4-5-12(10)16/h4-5,8,18,20H,3,6-7,9H2,1-2H3,(H2,17,19). The number of nitrogens with zero attached hydrogens (tertiary/aromatic N) is 1. The van der Waals surface area contributed by atoms with E-state index in [0.717, 1.165) is 23.9 Å². The van der Waals surface area contributed by atoms with Crippen molar-refractivity contribution in [3.63, 3.8) is 0 Å². The number of nitrogens with one attached hydrogen (secondary N) is 1. The first-order valence-electron chi connectivity index (χ1n) is 6.49. The molecule has 0 amide bonds. The lowest BCUT2D eigenvalue weighted by Gasteiger charge is -2.22. The molecular formula is C14H21BrFN3O. The first kappa shape index (κ1) is 16.9. The van der Waals surface area contributed by atoms with E-state index in [0.29, 0.717) is 12.1 Å². The van der Waals surface area contributed by atoms with Gasteiger partial charge in [-0.1, -0.05) is 34.9 Å². The molecule has 0 aliphatic rings. The third-order valence-corrected chi connectivity index (χ3v) is 3.77. The van der Waals surface area contributed by atoms with Gasteiger partial charge in [-0.15, -0.1) is 0 Å². The Morgan fingerprint density at radius 1 is 1.50 bits per heavy atom. The predicted molar refractivity (Wildman–Crippen MR) is 82.2 cm³/mol. The third kappa shape index (κ3) is 5.09. The molecule has 4 nitrogen and oxygen atoms in total. The molecule has 112 valence electrons. The second-order valence-electron chi connectivity index (χ2n) is 5.39. The first-order chi connectivity index (χ1) is 9.36. The number of hydrogen-bond acceptors (Lipinski definition) is 3. The van der Waals surface area contributed by atoms with Crippen LogP contribution in [0.1, 0.15) is 32.3 Å². The molecule has 0 spiro atoms. The number of halogens is 2. The van der Waals surface area contributed by atoms with Crippen molar-refractivity contribution in [2.45, 2.75) is 33.2 Å². The SMILES string of the molecule is CC(C)(CCCNCc1cc(Br)ccc1F)C(N)=NO. The fourth-order valence-electron chi connectivity index (χ4n) is 1.82. The van der Waals surface area contributed by atoms with E-state index in [1.807, 2.05) is 13.8 Å². The minimum atomic E-state index is -0.336. The number of amidine groups is 1. The lowest BCUT2D eigenvalue weighted by molar-refractivity contribution is 0.304. The molecular weight excluding hydrogens is 325 g/mol. The van der Waals surface area contributed by atoms with Gasteiger partial charge in [0.1, 0.15) is 11.7 Å². The van der Waals surface area contributed by atoms with Gasteiger partial charge in [0.2, 0.25) is 0 Å². The van der Waals surface area contributed by atoms with Crippen LogP contribution in [0.25, 0.3) is 0 Å². The first-order valence-corrected chi connectivity index (χ1v) is 7.29. The summed E-state index contributed by atoms with van der Waals surface area (Å²) in [7, 11) is 0. The average Bonchev–Trinajstić information content (AvgIpc) is 2.41. The maximum absolute atomic E-state index is 13.5. The molecule has 0 aliphatic carbocycles. The summed E-state index contributed by atoms with van der Waals surface area (Å²) in [5.41, 5.74) is 5.92. The molecule has 0 unspecified atom stereocenters. The van der Waals surface area contributed by atoms with Crippen LogP contribution >= 0.6 is 15.9 Å². The van der Waals surface area contributed by atoms with Crippen molar-refractivity contribution in [2.24, 2.45) is 16.3 Å². The summed E-state index contributed by atoms with van der Waals surface area (Å²) in [5, 5.41) is 14.9. The van der Waals surface area contributed by atoms with E-state index in [2.05, 4.69) is 26.4 Å².